The Labute approximate surface area is 107 Å². The molecule has 0 spiro atoms. The second-order valence-electron chi connectivity index (χ2n) is 3.97. The van der Waals surface area contributed by atoms with Gasteiger partial charge in [0, 0.05) is 25.0 Å². The van der Waals surface area contributed by atoms with E-state index >= 15 is 0 Å². The third-order valence-electron chi connectivity index (χ3n) is 2.47. The van der Waals surface area contributed by atoms with Crippen molar-refractivity contribution in [3.63, 3.8) is 0 Å². The lowest BCUT2D eigenvalue weighted by Crippen LogP contribution is -2.38. The van der Waals surface area contributed by atoms with Crippen molar-refractivity contribution in [2.75, 3.05) is 20.6 Å². The lowest BCUT2D eigenvalue weighted by atomic mass is 10.3. The van der Waals surface area contributed by atoms with Gasteiger partial charge < -0.3 is 4.90 Å². The van der Waals surface area contributed by atoms with Crippen LogP contribution in [0.2, 0.25) is 5.02 Å². The van der Waals surface area contributed by atoms with E-state index < -0.39 is 10.0 Å². The second kappa shape index (κ2) is 5.77. The molecular weight excluding hydrogens is 262 g/mol. The molecule has 0 radical (unpaired) electrons. The average Bonchev–Trinajstić information content (AvgIpc) is 2.26. The summed E-state index contributed by atoms with van der Waals surface area (Å²) in [6.45, 7) is 2.24. The molecule has 1 heterocycles. The highest BCUT2D eigenvalue weighted by atomic mass is 35.5. The fourth-order valence-corrected chi connectivity index (χ4v) is 2.60. The second-order valence-corrected chi connectivity index (χ2v) is 6.11. The molecule has 0 aliphatic carbocycles. The van der Waals surface area contributed by atoms with E-state index in [1.54, 1.807) is 0 Å². The fraction of sp³-hybridized carbons (Fsp3) is 0.500. The van der Waals surface area contributed by atoms with Crippen LogP contribution in [0.15, 0.2) is 23.4 Å². The van der Waals surface area contributed by atoms with Crippen LogP contribution in [0.5, 0.6) is 0 Å². The molecule has 17 heavy (non-hydrogen) atoms. The van der Waals surface area contributed by atoms with Crippen LogP contribution in [0.3, 0.4) is 0 Å². The van der Waals surface area contributed by atoms with E-state index in [4.69, 9.17) is 11.6 Å². The van der Waals surface area contributed by atoms with Crippen molar-refractivity contribution >= 4 is 21.6 Å². The molecule has 1 unspecified atom stereocenters. The maximum Gasteiger partial charge on any atom is 0.243 e. The number of aromatic nitrogens is 1. The number of rotatable bonds is 5. The largest absolute Gasteiger partial charge is 0.305 e. The zero-order chi connectivity index (χ0) is 13.1. The third-order valence-corrected chi connectivity index (χ3v) is 4.37. The number of likely N-dealkylation sites (N-methyl/N-ethyl adjacent to an activating group) is 1. The monoisotopic (exact) mass is 277 g/mol. The van der Waals surface area contributed by atoms with Gasteiger partial charge in [-0.15, -0.1) is 0 Å². The first-order valence-electron chi connectivity index (χ1n) is 5.10. The zero-order valence-electron chi connectivity index (χ0n) is 10.0. The number of hydrogen-bond donors (Lipinski definition) is 1. The highest BCUT2D eigenvalue weighted by Crippen LogP contribution is 2.18. The van der Waals surface area contributed by atoms with Crippen LogP contribution in [0.4, 0.5) is 0 Å². The molecule has 7 heteroatoms. The van der Waals surface area contributed by atoms with E-state index in [0.29, 0.717) is 6.54 Å². The number of sulfonamides is 1. The van der Waals surface area contributed by atoms with E-state index in [9.17, 15) is 8.42 Å². The summed E-state index contributed by atoms with van der Waals surface area (Å²) in [7, 11) is 0.179. The minimum atomic E-state index is -3.59. The summed E-state index contributed by atoms with van der Waals surface area (Å²) in [6.07, 6.45) is 2.69. The molecule has 0 amide bonds. The van der Waals surface area contributed by atoms with Gasteiger partial charge in [0.1, 0.15) is 4.90 Å². The first kappa shape index (κ1) is 14.4. The predicted molar refractivity (Wildman–Crippen MR) is 67.6 cm³/mol. The molecule has 1 N–H and O–H groups in total. The van der Waals surface area contributed by atoms with E-state index in [-0.39, 0.29) is 16.0 Å². The van der Waals surface area contributed by atoms with Crippen LogP contribution in [0.25, 0.3) is 0 Å². The number of nitrogens with one attached hydrogen (secondary N) is 1. The normalized spacial score (nSPS) is 13.9. The van der Waals surface area contributed by atoms with Gasteiger partial charge in [-0.25, -0.2) is 13.1 Å². The zero-order valence-corrected chi connectivity index (χ0v) is 11.6. The van der Waals surface area contributed by atoms with Crippen molar-refractivity contribution in [3.8, 4) is 0 Å². The minimum absolute atomic E-state index is 0.00706. The first-order valence-corrected chi connectivity index (χ1v) is 6.96. The van der Waals surface area contributed by atoms with Gasteiger partial charge in [0.05, 0.1) is 5.02 Å². The smallest absolute Gasteiger partial charge is 0.243 e. The number of hydrogen-bond acceptors (Lipinski definition) is 4. The number of pyridine rings is 1. The Balaban J connectivity index is 2.80. The molecule has 0 aliphatic rings. The molecule has 0 saturated heterocycles. The highest BCUT2D eigenvalue weighted by molar-refractivity contribution is 7.89. The van der Waals surface area contributed by atoms with E-state index in [1.165, 1.54) is 18.5 Å². The molecule has 0 aromatic carbocycles. The number of halogens is 1. The maximum absolute atomic E-state index is 11.9. The lowest BCUT2D eigenvalue weighted by Gasteiger charge is -2.20. The summed E-state index contributed by atoms with van der Waals surface area (Å²) < 4.78 is 26.4. The molecule has 0 bridgehead atoms. The standard InChI is InChI=1S/C10H16ClN3O2S/c1-8(14(2)3)6-13-17(15,16)10-7-12-5-4-9(10)11/h4-5,7-8,13H,6H2,1-3H3. The van der Waals surface area contributed by atoms with Crippen molar-refractivity contribution in [2.24, 2.45) is 0 Å². The van der Waals surface area contributed by atoms with Gasteiger partial charge in [-0.2, -0.15) is 0 Å². The molecule has 1 rings (SSSR count). The van der Waals surface area contributed by atoms with Gasteiger partial charge in [-0.3, -0.25) is 4.98 Å². The molecule has 1 atom stereocenters. The summed E-state index contributed by atoms with van der Waals surface area (Å²) in [5, 5.41) is 0.171. The predicted octanol–water partition coefficient (Wildman–Crippen LogP) is 0.963. The Hall–Kier alpha value is -0.690. The van der Waals surface area contributed by atoms with Gasteiger partial charge in [0.25, 0.3) is 0 Å². The van der Waals surface area contributed by atoms with Crippen LogP contribution in [-0.4, -0.2) is 45.0 Å². The Bertz CT molecular complexity index is 476. The van der Waals surface area contributed by atoms with Crippen molar-refractivity contribution in [3.05, 3.63) is 23.5 Å². The van der Waals surface area contributed by atoms with Gasteiger partial charge >= 0.3 is 0 Å². The Morgan fingerprint density at radius 2 is 2.18 bits per heavy atom. The molecule has 1 aromatic heterocycles. The maximum atomic E-state index is 11.9. The van der Waals surface area contributed by atoms with Gasteiger partial charge in [0.15, 0.2) is 0 Å². The SMILES string of the molecule is CC(CNS(=O)(=O)c1cnccc1Cl)N(C)C. The van der Waals surface area contributed by atoms with Crippen LogP contribution in [0.1, 0.15) is 6.92 Å². The van der Waals surface area contributed by atoms with Gasteiger partial charge in [-0.05, 0) is 27.1 Å². The van der Waals surface area contributed by atoms with Crippen LogP contribution < -0.4 is 4.72 Å². The average molecular weight is 278 g/mol. The Morgan fingerprint density at radius 1 is 1.53 bits per heavy atom. The van der Waals surface area contributed by atoms with Crippen molar-refractivity contribution in [1.82, 2.24) is 14.6 Å². The third kappa shape index (κ3) is 3.92. The summed E-state index contributed by atoms with van der Waals surface area (Å²) >= 11 is 5.82. The van der Waals surface area contributed by atoms with Crippen LogP contribution >= 0.6 is 11.6 Å². The lowest BCUT2D eigenvalue weighted by molar-refractivity contribution is 0.314. The number of nitrogens with zero attached hydrogens (tertiary/aromatic N) is 2. The van der Waals surface area contributed by atoms with Crippen molar-refractivity contribution < 1.29 is 8.42 Å². The Morgan fingerprint density at radius 3 is 2.71 bits per heavy atom. The molecule has 0 aliphatic heterocycles. The van der Waals surface area contributed by atoms with Crippen molar-refractivity contribution in [2.45, 2.75) is 17.9 Å². The molecule has 5 nitrogen and oxygen atoms in total. The summed E-state index contributed by atoms with van der Waals surface area (Å²) in [4.78, 5) is 5.69. The van der Waals surface area contributed by atoms with E-state index in [0.717, 1.165) is 0 Å². The van der Waals surface area contributed by atoms with Crippen LogP contribution in [-0.2, 0) is 10.0 Å². The van der Waals surface area contributed by atoms with E-state index in [1.807, 2.05) is 25.9 Å². The summed E-state index contributed by atoms with van der Waals surface area (Å²) in [5.41, 5.74) is 0. The fourth-order valence-electron chi connectivity index (χ4n) is 1.05. The highest BCUT2D eigenvalue weighted by Gasteiger charge is 2.18. The van der Waals surface area contributed by atoms with Crippen molar-refractivity contribution in [1.29, 1.82) is 0 Å². The molecule has 0 fully saturated rings. The van der Waals surface area contributed by atoms with Crippen LogP contribution in [0, 0.1) is 0 Å². The summed E-state index contributed by atoms with van der Waals surface area (Å²) in [6, 6.07) is 1.55. The molecule has 1 aromatic rings. The molecule has 0 saturated carbocycles. The molecular formula is C10H16ClN3O2S. The first-order chi connectivity index (χ1) is 7.84. The molecule has 96 valence electrons. The van der Waals surface area contributed by atoms with Gasteiger partial charge in [0.2, 0.25) is 10.0 Å². The van der Waals surface area contributed by atoms with Gasteiger partial charge in [-0.1, -0.05) is 11.6 Å². The summed E-state index contributed by atoms with van der Waals surface area (Å²) in [5.74, 6) is 0. The quantitative estimate of drug-likeness (QED) is 0.871. The minimum Gasteiger partial charge on any atom is -0.305 e. The van der Waals surface area contributed by atoms with E-state index in [2.05, 4.69) is 9.71 Å². The topological polar surface area (TPSA) is 62.3 Å². The Kier molecular flexibility index (Phi) is 4.88.